The highest BCUT2D eigenvalue weighted by atomic mass is 15.3. The Hall–Kier alpha value is -3.09. The zero-order chi connectivity index (χ0) is 20.8. The predicted octanol–water partition coefficient (Wildman–Crippen LogP) is 2.76. The third-order valence-corrected chi connectivity index (χ3v) is 5.49. The van der Waals surface area contributed by atoms with Crippen LogP contribution in [0.2, 0.25) is 0 Å². The van der Waals surface area contributed by atoms with Crippen molar-refractivity contribution in [3.63, 3.8) is 0 Å². The Morgan fingerprint density at radius 2 is 1.93 bits per heavy atom. The van der Waals surface area contributed by atoms with Crippen LogP contribution >= 0.6 is 0 Å². The van der Waals surface area contributed by atoms with E-state index in [9.17, 15) is 0 Å². The zero-order valence-electron chi connectivity index (χ0n) is 18.0. The highest BCUT2D eigenvalue weighted by Gasteiger charge is 2.19. The minimum Gasteiger partial charge on any atom is -0.368 e. The molecule has 7 heteroatoms. The highest BCUT2D eigenvalue weighted by Crippen LogP contribution is 2.18. The fourth-order valence-corrected chi connectivity index (χ4v) is 3.91. The van der Waals surface area contributed by atoms with Crippen molar-refractivity contribution in [2.24, 2.45) is 4.99 Å². The van der Waals surface area contributed by atoms with Crippen molar-refractivity contribution in [3.05, 3.63) is 60.0 Å². The fraction of sp³-hybridized carbons (Fsp3) is 0.435. The standard InChI is InChI=1S/C23H31N7/c1-3-24-23(25-12-7-11-22-27-26-21-10-4-5-13-30(21)22)29-16-14-28(15-17-29)20-9-6-8-19(2)18-20/h4-6,8-10,13,18H,3,7,11-12,14-17H2,1-2H3,(H,24,25). The van der Waals surface area contributed by atoms with Crippen LogP contribution in [0.1, 0.15) is 24.7 Å². The first-order valence-electron chi connectivity index (χ1n) is 10.9. The van der Waals surface area contributed by atoms with E-state index in [1.54, 1.807) is 0 Å². The summed E-state index contributed by atoms with van der Waals surface area (Å²) < 4.78 is 2.05. The maximum Gasteiger partial charge on any atom is 0.194 e. The number of fused-ring (bicyclic) bond motifs is 1. The first kappa shape index (κ1) is 20.2. The number of hydrogen-bond acceptors (Lipinski definition) is 4. The molecule has 3 heterocycles. The summed E-state index contributed by atoms with van der Waals surface area (Å²) in [6.07, 6.45) is 3.84. The fourth-order valence-electron chi connectivity index (χ4n) is 3.91. The number of nitrogens with zero attached hydrogens (tertiary/aromatic N) is 6. The van der Waals surface area contributed by atoms with Crippen molar-refractivity contribution in [2.45, 2.75) is 26.7 Å². The molecule has 0 bridgehead atoms. The third-order valence-electron chi connectivity index (χ3n) is 5.49. The smallest absolute Gasteiger partial charge is 0.194 e. The summed E-state index contributed by atoms with van der Waals surface area (Å²) in [6, 6.07) is 14.7. The quantitative estimate of drug-likeness (QED) is 0.388. The van der Waals surface area contributed by atoms with Gasteiger partial charge in [-0.2, -0.15) is 0 Å². The van der Waals surface area contributed by atoms with E-state index in [1.807, 2.05) is 24.4 Å². The number of rotatable bonds is 6. The largest absolute Gasteiger partial charge is 0.368 e. The molecule has 158 valence electrons. The summed E-state index contributed by atoms with van der Waals surface area (Å²) in [4.78, 5) is 9.72. The van der Waals surface area contributed by atoms with Gasteiger partial charge < -0.3 is 15.1 Å². The predicted molar refractivity (Wildman–Crippen MR) is 122 cm³/mol. The zero-order valence-corrected chi connectivity index (χ0v) is 18.0. The Kier molecular flexibility index (Phi) is 6.47. The summed E-state index contributed by atoms with van der Waals surface area (Å²) in [5.74, 6) is 2.02. The second kappa shape index (κ2) is 9.61. The molecule has 1 aromatic carbocycles. The molecule has 1 aliphatic heterocycles. The van der Waals surface area contributed by atoms with Crippen molar-refractivity contribution in [2.75, 3.05) is 44.2 Å². The first-order valence-corrected chi connectivity index (χ1v) is 10.9. The number of aryl methyl sites for hydroxylation is 2. The average Bonchev–Trinajstić information content (AvgIpc) is 3.19. The Bertz CT molecular complexity index is 986. The molecule has 0 unspecified atom stereocenters. The molecule has 2 aromatic heterocycles. The van der Waals surface area contributed by atoms with Crippen molar-refractivity contribution in [1.29, 1.82) is 0 Å². The summed E-state index contributed by atoms with van der Waals surface area (Å²) in [7, 11) is 0. The number of benzene rings is 1. The molecule has 0 atom stereocenters. The second-order valence-corrected chi connectivity index (χ2v) is 7.70. The lowest BCUT2D eigenvalue weighted by atomic mass is 10.2. The first-order chi connectivity index (χ1) is 14.7. The van der Waals surface area contributed by atoms with Crippen molar-refractivity contribution in [1.82, 2.24) is 24.8 Å². The number of piperazine rings is 1. The SMILES string of the molecule is CCNC(=NCCCc1nnc2ccccn12)N1CCN(c2cccc(C)c2)CC1. The third kappa shape index (κ3) is 4.72. The minimum atomic E-state index is 0.780. The van der Waals surface area contributed by atoms with Gasteiger partial charge >= 0.3 is 0 Å². The van der Waals surface area contributed by atoms with Gasteiger partial charge in [0.15, 0.2) is 11.6 Å². The van der Waals surface area contributed by atoms with Gasteiger partial charge in [0.1, 0.15) is 5.82 Å². The molecule has 1 saturated heterocycles. The average molecular weight is 406 g/mol. The number of aliphatic imine (C=N–C) groups is 1. The van der Waals surface area contributed by atoms with Crippen LogP contribution in [0, 0.1) is 6.92 Å². The molecule has 0 amide bonds. The molecule has 30 heavy (non-hydrogen) atoms. The molecular formula is C23H31N7. The van der Waals surface area contributed by atoms with E-state index in [2.05, 4.69) is 67.8 Å². The minimum absolute atomic E-state index is 0.780. The van der Waals surface area contributed by atoms with Gasteiger partial charge in [0.2, 0.25) is 0 Å². The van der Waals surface area contributed by atoms with Gasteiger partial charge in [-0.05, 0) is 50.1 Å². The van der Waals surface area contributed by atoms with Gasteiger partial charge in [0, 0.05) is 57.6 Å². The molecule has 1 aliphatic rings. The van der Waals surface area contributed by atoms with Crippen molar-refractivity contribution < 1.29 is 0 Å². The Labute approximate surface area is 178 Å². The molecular weight excluding hydrogens is 374 g/mol. The van der Waals surface area contributed by atoms with Gasteiger partial charge in [-0.1, -0.05) is 18.2 Å². The molecule has 7 nitrogen and oxygen atoms in total. The number of anilines is 1. The van der Waals surface area contributed by atoms with Gasteiger partial charge in [0.05, 0.1) is 0 Å². The van der Waals surface area contributed by atoms with E-state index in [0.717, 1.165) is 69.5 Å². The van der Waals surface area contributed by atoms with Crippen LogP contribution in [0.15, 0.2) is 53.7 Å². The highest BCUT2D eigenvalue weighted by molar-refractivity contribution is 5.80. The lowest BCUT2D eigenvalue weighted by Gasteiger charge is -2.37. The van der Waals surface area contributed by atoms with Crippen molar-refractivity contribution in [3.8, 4) is 0 Å². The summed E-state index contributed by atoms with van der Waals surface area (Å²) in [5, 5.41) is 12.0. The maximum absolute atomic E-state index is 4.88. The monoisotopic (exact) mass is 405 g/mol. The Balaban J connectivity index is 1.31. The molecule has 0 saturated carbocycles. The number of aromatic nitrogens is 3. The summed E-state index contributed by atoms with van der Waals surface area (Å²) in [6.45, 7) is 9.93. The van der Waals surface area contributed by atoms with Crippen LogP contribution in [0.5, 0.6) is 0 Å². The maximum atomic E-state index is 4.88. The van der Waals surface area contributed by atoms with Crippen LogP contribution in [0.25, 0.3) is 5.65 Å². The van der Waals surface area contributed by atoms with Crippen LogP contribution in [-0.4, -0.2) is 64.7 Å². The number of guanidine groups is 1. The van der Waals surface area contributed by atoms with Gasteiger partial charge in [-0.25, -0.2) is 0 Å². The lowest BCUT2D eigenvalue weighted by molar-refractivity contribution is 0.372. The topological polar surface area (TPSA) is 61.1 Å². The number of nitrogens with one attached hydrogen (secondary N) is 1. The van der Waals surface area contributed by atoms with E-state index in [-0.39, 0.29) is 0 Å². The molecule has 0 spiro atoms. The van der Waals surface area contributed by atoms with Crippen molar-refractivity contribution >= 4 is 17.3 Å². The van der Waals surface area contributed by atoms with Gasteiger partial charge in [0.25, 0.3) is 0 Å². The number of pyridine rings is 1. The molecule has 0 radical (unpaired) electrons. The Morgan fingerprint density at radius 1 is 1.07 bits per heavy atom. The van der Waals surface area contributed by atoms with E-state index < -0.39 is 0 Å². The van der Waals surface area contributed by atoms with Gasteiger partial charge in [-0.15, -0.1) is 10.2 Å². The van der Waals surface area contributed by atoms with Crippen LogP contribution < -0.4 is 10.2 Å². The Morgan fingerprint density at radius 3 is 2.73 bits per heavy atom. The van der Waals surface area contributed by atoms with Crippen LogP contribution in [0.4, 0.5) is 5.69 Å². The van der Waals surface area contributed by atoms with E-state index in [4.69, 9.17) is 4.99 Å². The van der Waals surface area contributed by atoms with E-state index in [0.29, 0.717) is 0 Å². The molecule has 3 aromatic rings. The van der Waals surface area contributed by atoms with Crippen LogP contribution in [-0.2, 0) is 6.42 Å². The summed E-state index contributed by atoms with van der Waals surface area (Å²) in [5.41, 5.74) is 3.53. The summed E-state index contributed by atoms with van der Waals surface area (Å²) >= 11 is 0. The van der Waals surface area contributed by atoms with Gasteiger partial charge in [-0.3, -0.25) is 9.39 Å². The van der Waals surface area contributed by atoms with Crippen LogP contribution in [0.3, 0.4) is 0 Å². The normalized spacial score (nSPS) is 15.1. The van der Waals surface area contributed by atoms with E-state index >= 15 is 0 Å². The lowest BCUT2D eigenvalue weighted by Crippen LogP contribution is -2.52. The molecule has 1 N–H and O–H groups in total. The second-order valence-electron chi connectivity index (χ2n) is 7.70. The van der Waals surface area contributed by atoms with E-state index in [1.165, 1.54) is 11.3 Å². The molecule has 0 aliphatic carbocycles. The molecule has 4 rings (SSSR count). The number of hydrogen-bond donors (Lipinski definition) is 1. The molecule has 1 fully saturated rings.